The summed E-state index contributed by atoms with van der Waals surface area (Å²) in [5.41, 5.74) is -1.35. The van der Waals surface area contributed by atoms with Gasteiger partial charge in [0.1, 0.15) is 12.3 Å². The molecule has 1 aliphatic rings. The molecule has 0 bridgehead atoms. The van der Waals surface area contributed by atoms with Crippen molar-refractivity contribution in [1.82, 2.24) is 9.55 Å². The topological polar surface area (TPSA) is 255 Å². The summed E-state index contributed by atoms with van der Waals surface area (Å²) in [7, 11) is -18.0. The number of aliphatic hydroxyl groups excluding tert-OH is 1. The van der Waals surface area contributed by atoms with Gasteiger partial charge in [0, 0.05) is 18.2 Å². The smallest absolute Gasteiger partial charge is 0.790 e. The van der Waals surface area contributed by atoms with Crippen molar-refractivity contribution < 1.29 is 56.3 Å². The second-order valence-electron chi connectivity index (χ2n) is 5.71. The monoisotopic (exact) mass is 754 g/mol. The number of nitrogens with one attached hydrogen (secondary N) is 1. The number of rotatable bonds is 8. The first-order valence-corrected chi connectivity index (χ1v) is 11.8. The maximum atomic E-state index is 11.8. The summed E-state index contributed by atoms with van der Waals surface area (Å²) in [5.74, 6) is 0. The normalized spacial score (nSPS) is 25.0. The van der Waals surface area contributed by atoms with Crippen molar-refractivity contribution in [1.29, 1.82) is 0 Å². The van der Waals surface area contributed by atoms with Gasteiger partial charge in [-0.3, -0.25) is 27.8 Å². The average molecular weight is 753 g/mol. The number of phosphoric acid groups is 3. The molecule has 1 aliphatic heterocycles. The number of hydrogen-bond acceptors (Lipinski definition) is 14. The Labute approximate surface area is 254 Å². The Balaban J connectivity index is 0.00000450. The van der Waals surface area contributed by atoms with E-state index in [1.807, 2.05) is 4.98 Å². The molecule has 5 atom stereocenters. The molecule has 0 saturated carbocycles. The fraction of sp³-hybridized carbons (Fsp3) is 0.600. The number of phosphoric ester groups is 1. The average Bonchev–Trinajstić information content (AvgIpc) is 2.86. The SMILES string of the molecule is Cc1cn([C@H]2C[C@H](O)[C@@H](COP(=O)([O-])OP(=O)([O-])OP(=O)([O-])[O-])O2)c(=O)[nH]c1=O.[Ba+2].[Ba+2]. The Morgan fingerprint density at radius 3 is 2.29 bits per heavy atom. The molecule has 0 aromatic carbocycles. The predicted molar refractivity (Wildman–Crippen MR) is 93.0 cm³/mol. The summed E-state index contributed by atoms with van der Waals surface area (Å²) in [6, 6.07) is 0. The van der Waals surface area contributed by atoms with Crippen LogP contribution in [0.2, 0.25) is 0 Å². The maximum Gasteiger partial charge on any atom is 2.00 e. The molecule has 1 aromatic rings. The van der Waals surface area contributed by atoms with Crippen LogP contribution in [0.15, 0.2) is 15.8 Å². The third-order valence-electron chi connectivity index (χ3n) is 3.46. The molecule has 1 aromatic heterocycles. The number of aromatic amines is 1. The van der Waals surface area contributed by atoms with Crippen LogP contribution in [-0.4, -0.2) is 131 Å². The van der Waals surface area contributed by atoms with Crippen molar-refractivity contribution in [3.63, 3.8) is 0 Å². The van der Waals surface area contributed by atoms with E-state index >= 15 is 0 Å². The van der Waals surface area contributed by atoms with Gasteiger partial charge in [-0.25, -0.2) is 9.11 Å². The second-order valence-corrected chi connectivity index (χ2v) is 9.96. The molecule has 166 valence electrons. The largest absolute Gasteiger partial charge is 2.00 e. The number of aromatic nitrogens is 2. The fourth-order valence-electron chi connectivity index (χ4n) is 2.28. The summed E-state index contributed by atoms with van der Waals surface area (Å²) in [6.45, 7) is 0.402. The minimum atomic E-state index is -6.12. The first kappa shape index (κ1) is 33.2. The first-order chi connectivity index (χ1) is 13.1. The number of aryl methyl sites for hydroxylation is 1. The number of aliphatic hydroxyl groups is 1. The van der Waals surface area contributed by atoms with Crippen LogP contribution < -0.4 is 30.8 Å². The van der Waals surface area contributed by atoms with Crippen LogP contribution >= 0.6 is 23.5 Å². The summed E-state index contributed by atoms with van der Waals surface area (Å²) in [5, 5.41) is 9.93. The molecule has 0 aliphatic carbocycles. The molecule has 0 radical (unpaired) electrons. The van der Waals surface area contributed by atoms with Gasteiger partial charge in [0.05, 0.1) is 20.5 Å². The van der Waals surface area contributed by atoms with Gasteiger partial charge in [0.15, 0.2) is 0 Å². The van der Waals surface area contributed by atoms with Gasteiger partial charge in [0.2, 0.25) is 0 Å². The third kappa shape index (κ3) is 10.7. The van der Waals surface area contributed by atoms with Crippen LogP contribution in [-0.2, 0) is 31.6 Å². The quantitative estimate of drug-likeness (QED) is 0.188. The van der Waals surface area contributed by atoms with E-state index in [0.717, 1.165) is 10.8 Å². The predicted octanol–water partition coefficient (Wildman–Crippen LogP) is -4.45. The van der Waals surface area contributed by atoms with Gasteiger partial charge >= 0.3 is 103 Å². The molecule has 16 nitrogen and oxygen atoms in total. The molecule has 2 unspecified atom stereocenters. The molecule has 2 N–H and O–H groups in total. The van der Waals surface area contributed by atoms with Crippen LogP contribution in [0.3, 0.4) is 0 Å². The minimum absolute atomic E-state index is 0. The third-order valence-corrected chi connectivity index (χ3v) is 7.12. The molecule has 0 spiro atoms. The van der Waals surface area contributed by atoms with E-state index in [9.17, 15) is 48.0 Å². The van der Waals surface area contributed by atoms with E-state index < -0.39 is 59.8 Å². The number of H-pyrrole nitrogens is 1. The summed E-state index contributed by atoms with van der Waals surface area (Å²) in [6.07, 6.45) is -2.95. The van der Waals surface area contributed by atoms with Gasteiger partial charge in [-0.15, -0.1) is 0 Å². The molecule has 2 heterocycles. The zero-order valence-corrected chi connectivity index (χ0v) is 27.2. The van der Waals surface area contributed by atoms with Crippen LogP contribution in [0, 0.1) is 6.92 Å². The van der Waals surface area contributed by atoms with E-state index in [4.69, 9.17) is 4.74 Å². The van der Waals surface area contributed by atoms with Crippen LogP contribution in [0.5, 0.6) is 0 Å². The Bertz CT molecular complexity index is 1020. The van der Waals surface area contributed by atoms with E-state index in [2.05, 4.69) is 13.1 Å². The second kappa shape index (κ2) is 12.9. The van der Waals surface area contributed by atoms with Crippen LogP contribution in [0.4, 0.5) is 0 Å². The summed E-state index contributed by atoms with van der Waals surface area (Å²) >= 11 is 0. The fourth-order valence-corrected chi connectivity index (χ4v) is 5.15. The Hall–Kier alpha value is 2.15. The van der Waals surface area contributed by atoms with E-state index in [0.29, 0.717) is 0 Å². The number of hydrogen-bond donors (Lipinski definition) is 2. The molecule has 0 amide bonds. The first-order valence-electron chi connectivity index (χ1n) is 7.45. The summed E-state index contributed by atoms with van der Waals surface area (Å²) < 4.78 is 49.6. The van der Waals surface area contributed by atoms with Crippen molar-refractivity contribution in [2.45, 2.75) is 31.8 Å². The van der Waals surface area contributed by atoms with Crippen LogP contribution in [0.1, 0.15) is 18.2 Å². The van der Waals surface area contributed by atoms with E-state index in [1.54, 1.807) is 0 Å². The maximum absolute atomic E-state index is 11.8. The van der Waals surface area contributed by atoms with E-state index in [-0.39, 0.29) is 110 Å². The molecular weight excluding hydrogens is 740 g/mol. The standard InChI is InChI=1S/C10H17N2O14P3.2Ba/c1-5-3-12(10(15)11-9(5)14)8-2-6(13)7(24-8)4-23-28(19,20)26-29(21,22)25-27(16,17)18;;/h3,6-8,13H,2,4H2,1H3,(H,19,20)(H,21,22)(H,11,14,15)(H2,16,17,18);;/q;2*+2/p-4/t6-,7+,8+;;/m0../s1. The van der Waals surface area contributed by atoms with Crippen molar-refractivity contribution in [3.8, 4) is 0 Å². The Morgan fingerprint density at radius 2 is 1.74 bits per heavy atom. The van der Waals surface area contributed by atoms with Gasteiger partial charge in [-0.1, -0.05) is 0 Å². The van der Waals surface area contributed by atoms with Crippen molar-refractivity contribution in [2.24, 2.45) is 0 Å². The Kier molecular flexibility index (Phi) is 13.8. The van der Waals surface area contributed by atoms with Crippen molar-refractivity contribution in [2.75, 3.05) is 6.61 Å². The number of nitrogens with zero attached hydrogens (tertiary/aromatic N) is 1. The molecule has 21 heteroatoms. The zero-order valence-electron chi connectivity index (χ0n) is 15.7. The molecule has 1 saturated heterocycles. The minimum Gasteiger partial charge on any atom is -0.790 e. The van der Waals surface area contributed by atoms with Gasteiger partial charge < -0.3 is 38.5 Å². The van der Waals surface area contributed by atoms with Gasteiger partial charge in [0.25, 0.3) is 21.2 Å². The van der Waals surface area contributed by atoms with E-state index in [1.165, 1.54) is 6.92 Å². The summed E-state index contributed by atoms with van der Waals surface area (Å²) in [4.78, 5) is 68.3. The Morgan fingerprint density at radius 1 is 1.16 bits per heavy atom. The molecule has 31 heavy (non-hydrogen) atoms. The molecule has 1 fully saturated rings. The van der Waals surface area contributed by atoms with Crippen molar-refractivity contribution >= 4 is 121 Å². The van der Waals surface area contributed by atoms with Crippen molar-refractivity contribution in [3.05, 3.63) is 32.6 Å². The number of ether oxygens (including phenoxy) is 1. The molecular formula is C10H13Ba2N2O14P3. The molecule has 2 rings (SSSR count). The zero-order chi connectivity index (χ0) is 22.2. The van der Waals surface area contributed by atoms with Crippen LogP contribution in [0.25, 0.3) is 0 Å². The van der Waals surface area contributed by atoms with Gasteiger partial charge in [-0.2, -0.15) is 0 Å². The van der Waals surface area contributed by atoms with Gasteiger partial charge in [-0.05, 0) is 6.92 Å².